The molecule has 14 heteroatoms. The molecule has 484 valence electrons. The molecule has 3 saturated carbocycles. The van der Waals surface area contributed by atoms with Crippen molar-refractivity contribution in [1.29, 1.82) is 0 Å². The fourth-order valence-electron chi connectivity index (χ4n) is 14.3. The van der Waals surface area contributed by atoms with Crippen LogP contribution in [0.5, 0.6) is 0 Å². The van der Waals surface area contributed by atoms with Crippen LogP contribution in [-0.2, 0) is 19.1 Å². The average molecular weight is 1230 g/mol. The van der Waals surface area contributed by atoms with E-state index in [2.05, 4.69) is 115 Å². The first-order valence-electron chi connectivity index (χ1n) is 34.3. The van der Waals surface area contributed by atoms with Crippen LogP contribution >= 0.6 is 36.7 Å². The maximum atomic E-state index is 13.4. The molecule has 6 aliphatic rings. The van der Waals surface area contributed by atoms with Gasteiger partial charge >= 0.3 is 0 Å². The molecule has 6 fully saturated rings. The fraction of sp³-hybridized carbons (Fsp3) is 0.886. The number of thiocarbonyl (C=S) groups is 3. The number of carbonyl (C=O) groups is 3. The summed E-state index contributed by atoms with van der Waals surface area (Å²) in [5.74, 6) is 5.75. The minimum atomic E-state index is -0.121. The third-order valence-electron chi connectivity index (χ3n) is 20.1. The van der Waals surface area contributed by atoms with Crippen LogP contribution in [0.2, 0.25) is 0 Å². The average Bonchev–Trinajstić information content (AvgIpc) is 2.99. The van der Waals surface area contributed by atoms with Crippen LogP contribution < -0.4 is 22.5 Å². The van der Waals surface area contributed by atoms with E-state index in [0.717, 1.165) is 134 Å². The second-order valence-corrected chi connectivity index (χ2v) is 32.1. The first-order valence-corrected chi connectivity index (χ1v) is 35.5. The Labute approximate surface area is 531 Å². The molecule has 3 aliphatic carbocycles. The Kier molecular flexibility index (Phi) is 33.2. The number of carbonyl (C=O) groups excluding carboxylic acids is 3. The van der Waals surface area contributed by atoms with E-state index < -0.39 is 0 Å². The highest BCUT2D eigenvalue weighted by atomic mass is 32.1. The molecule has 6 rings (SSSR count). The third-order valence-corrected chi connectivity index (χ3v) is 21.1. The van der Waals surface area contributed by atoms with Crippen LogP contribution in [0.4, 0.5) is 0 Å². The number of hydrogen-bond donors (Lipinski definition) is 4. The maximum Gasteiger partial charge on any atom is 0.226 e. The lowest BCUT2D eigenvalue weighted by Crippen LogP contribution is -2.48. The van der Waals surface area contributed by atoms with Gasteiger partial charge in [0.2, 0.25) is 17.7 Å². The van der Waals surface area contributed by atoms with Crippen LogP contribution in [0.15, 0.2) is 12.2 Å². The molecule has 0 aromatic heterocycles. The second kappa shape index (κ2) is 37.4. The van der Waals surface area contributed by atoms with E-state index in [4.69, 9.17) is 58.6 Å². The van der Waals surface area contributed by atoms with Crippen LogP contribution in [0.25, 0.3) is 0 Å². The number of ether oxygens (including phenoxy) is 1. The van der Waals surface area contributed by atoms with Gasteiger partial charge in [-0.25, -0.2) is 0 Å². The van der Waals surface area contributed by atoms with Crippen molar-refractivity contribution >= 4 is 69.0 Å². The van der Waals surface area contributed by atoms with Crippen molar-refractivity contribution < 1.29 is 19.1 Å². The smallest absolute Gasteiger partial charge is 0.226 e. The van der Waals surface area contributed by atoms with E-state index in [-0.39, 0.29) is 57.8 Å². The predicted molar refractivity (Wildman–Crippen MR) is 367 cm³/mol. The van der Waals surface area contributed by atoms with Gasteiger partial charge in [0, 0.05) is 96.9 Å². The summed E-state index contributed by atoms with van der Waals surface area (Å²) in [7, 11) is 0. The Balaban J connectivity index is 0.000000270. The molecule has 84 heavy (non-hydrogen) atoms. The highest BCUT2D eigenvalue weighted by molar-refractivity contribution is 7.80. The number of nitrogens with zero attached hydrogens (tertiary/aromatic N) is 3. The Hall–Kier alpha value is -1.78. The molecule has 0 bridgehead atoms. The molecule has 3 heterocycles. The highest BCUT2D eigenvalue weighted by Gasteiger charge is 2.42. The number of nitrogens with two attached hydrogens (primary N) is 3. The van der Waals surface area contributed by atoms with Gasteiger partial charge in [-0.05, 0) is 161 Å². The lowest BCUT2D eigenvalue weighted by molar-refractivity contribution is -0.141. The minimum Gasteiger partial charge on any atom is -0.379 e. The topological polar surface area (TPSA) is 160 Å². The monoisotopic (exact) mass is 1230 g/mol. The Morgan fingerprint density at radius 3 is 1.29 bits per heavy atom. The van der Waals surface area contributed by atoms with Crippen molar-refractivity contribution in [3.8, 4) is 0 Å². The minimum absolute atomic E-state index is 0.0703. The van der Waals surface area contributed by atoms with Crippen LogP contribution in [0.3, 0.4) is 0 Å². The van der Waals surface area contributed by atoms with Crippen LogP contribution in [0, 0.1) is 69.5 Å². The summed E-state index contributed by atoms with van der Waals surface area (Å²) in [4.78, 5) is 48.8. The van der Waals surface area contributed by atoms with Crippen molar-refractivity contribution in [3.63, 3.8) is 0 Å². The number of allylic oxidation sites excluding steroid dienone is 1. The van der Waals surface area contributed by atoms with Crippen molar-refractivity contribution in [2.24, 2.45) is 86.7 Å². The zero-order valence-corrected chi connectivity index (χ0v) is 58.2. The summed E-state index contributed by atoms with van der Waals surface area (Å²) in [5, 5.41) is 3.68. The van der Waals surface area contributed by atoms with Gasteiger partial charge in [0.05, 0.1) is 12.6 Å². The standard InChI is InChI=1S/C24H42N2OS.C23H43N3OS.C23H42N2O2S/c1-5-6-9-18-14-19(15-18)10-7-11-20-12-8-13-26(20)23(27)22(24(2,3)4)16-21(28)17-25;1-5-6-8-17-11-18(12-17)15-25-16-19-9-7-10-26(19)22(27)21(23(2,3)4)13-20(28)14-24;1-5-6-8-17-11-18(12-17)15-27-16-19-9-7-10-25(19)22(26)21(23(2,3)4)13-20(28)14-24/h7,10,18-20,22H,5-6,8-9,11-17,25H2,1-4H3;17-19,21,25H,5-16,24H2,1-4H3;17-19,21H,5-16,24H2,1-4H3/b10-7+;;/t18?,19?,20-,22+;2*17?,18?,19-,21-/m011/s1. The van der Waals surface area contributed by atoms with Crippen molar-refractivity contribution in [3.05, 3.63) is 12.2 Å². The first kappa shape index (κ1) is 74.7. The summed E-state index contributed by atoms with van der Waals surface area (Å²) in [6.07, 6.45) is 34.7. The van der Waals surface area contributed by atoms with Crippen LogP contribution in [-0.4, -0.2) is 131 Å². The van der Waals surface area contributed by atoms with Crippen molar-refractivity contribution in [1.82, 2.24) is 20.0 Å². The fourth-order valence-corrected chi connectivity index (χ4v) is 14.8. The molecule has 0 spiro atoms. The summed E-state index contributed by atoms with van der Waals surface area (Å²) < 4.78 is 6.08. The van der Waals surface area contributed by atoms with Crippen LogP contribution in [0.1, 0.15) is 244 Å². The van der Waals surface area contributed by atoms with E-state index in [1.807, 2.05) is 0 Å². The first-order chi connectivity index (χ1) is 39.8. The van der Waals surface area contributed by atoms with E-state index in [9.17, 15) is 14.4 Å². The molecule has 3 amide bonds. The molecule has 3 saturated heterocycles. The molecule has 3 aliphatic heterocycles. The summed E-state index contributed by atoms with van der Waals surface area (Å²) in [6, 6.07) is 0.913. The van der Waals surface area contributed by atoms with Crippen molar-refractivity contribution in [2.75, 3.05) is 65.6 Å². The number of amides is 3. The Morgan fingerprint density at radius 2 is 0.881 bits per heavy atom. The largest absolute Gasteiger partial charge is 0.379 e. The van der Waals surface area contributed by atoms with Gasteiger partial charge in [0.1, 0.15) is 0 Å². The van der Waals surface area contributed by atoms with Gasteiger partial charge in [-0.2, -0.15) is 0 Å². The highest BCUT2D eigenvalue weighted by Crippen LogP contribution is 2.41. The van der Waals surface area contributed by atoms with E-state index in [0.29, 0.717) is 57.6 Å². The Bertz CT molecular complexity index is 1920. The molecule has 0 aromatic carbocycles. The number of likely N-dealkylation sites (tertiary alicyclic amines) is 3. The molecular formula is C70H127N7O4S3. The SMILES string of the molecule is CCCCC1CC(/C=C/C[C@H]2CCCN2C(=O)[C@@H](CC(=S)CN)C(C)(C)C)C1.CCCCC1CC(CNC[C@H]2CCCN2C(=O)[C@@H](CC(=S)CN)C(C)(C)C)C1.CCCCC1CC(COC[C@H]2CCCN2C(=O)[C@@H](CC(=S)CN)C(C)(C)C)C1. The van der Waals surface area contributed by atoms with Gasteiger partial charge in [-0.3, -0.25) is 14.4 Å². The number of rotatable bonds is 32. The summed E-state index contributed by atoms with van der Waals surface area (Å²) in [6.45, 7) is 33.4. The normalized spacial score (nSPS) is 26.3. The zero-order valence-electron chi connectivity index (χ0n) is 55.8. The zero-order chi connectivity index (χ0) is 62.2. The molecule has 7 N–H and O–H groups in total. The molecule has 0 unspecified atom stereocenters. The molecular weight excluding hydrogens is 1100 g/mol. The number of unbranched alkanes of at least 4 members (excludes halogenated alkanes) is 3. The number of nitrogens with one attached hydrogen (secondary N) is 1. The second-order valence-electron chi connectivity index (χ2n) is 30.4. The van der Waals surface area contributed by atoms with Gasteiger partial charge in [-0.15, -0.1) is 0 Å². The van der Waals surface area contributed by atoms with Gasteiger partial charge in [0.25, 0.3) is 0 Å². The van der Waals surface area contributed by atoms with E-state index in [1.165, 1.54) is 96.3 Å². The predicted octanol–water partition coefficient (Wildman–Crippen LogP) is 14.3. The van der Waals surface area contributed by atoms with E-state index >= 15 is 0 Å². The van der Waals surface area contributed by atoms with Gasteiger partial charge in [0.15, 0.2) is 0 Å². The lowest BCUT2D eigenvalue weighted by atomic mass is 9.72. The van der Waals surface area contributed by atoms with Gasteiger partial charge < -0.3 is 42.0 Å². The maximum absolute atomic E-state index is 13.4. The molecule has 0 aromatic rings. The quantitative estimate of drug-likeness (QED) is 0.0375. The molecule has 0 radical (unpaired) electrons. The summed E-state index contributed by atoms with van der Waals surface area (Å²) in [5.41, 5.74) is 16.8. The van der Waals surface area contributed by atoms with Gasteiger partial charge in [-0.1, -0.05) is 190 Å². The Morgan fingerprint density at radius 1 is 0.512 bits per heavy atom. The number of hydrogen-bond acceptors (Lipinski definition) is 11. The third kappa shape index (κ3) is 24.9. The lowest BCUT2D eigenvalue weighted by Gasteiger charge is -2.37. The molecule has 11 nitrogen and oxygen atoms in total. The molecule has 6 atom stereocenters. The van der Waals surface area contributed by atoms with E-state index in [1.54, 1.807) is 0 Å². The summed E-state index contributed by atoms with van der Waals surface area (Å²) >= 11 is 16.1. The van der Waals surface area contributed by atoms with Crippen molar-refractivity contribution in [2.45, 2.75) is 262 Å².